The highest BCUT2D eigenvalue weighted by Crippen LogP contribution is 2.28. The Balaban J connectivity index is 1.40. The van der Waals surface area contributed by atoms with Gasteiger partial charge in [-0.05, 0) is 25.8 Å². The van der Waals surface area contributed by atoms with Crippen molar-refractivity contribution in [2.24, 2.45) is 0 Å². The fraction of sp³-hybridized carbons (Fsp3) is 0.350. The second-order valence-electron chi connectivity index (χ2n) is 6.83. The quantitative estimate of drug-likeness (QED) is 0.740. The van der Waals surface area contributed by atoms with Crippen LogP contribution in [0.3, 0.4) is 0 Å². The maximum absolute atomic E-state index is 12.6. The third-order valence-corrected chi connectivity index (χ3v) is 5.11. The summed E-state index contributed by atoms with van der Waals surface area (Å²) >= 11 is 0. The Kier molecular flexibility index (Phi) is 4.77. The molecular weight excluding hydrogens is 344 g/mol. The van der Waals surface area contributed by atoms with Gasteiger partial charge in [0.1, 0.15) is 11.6 Å². The van der Waals surface area contributed by atoms with E-state index in [9.17, 15) is 9.90 Å². The fourth-order valence-corrected chi connectivity index (χ4v) is 3.47. The lowest BCUT2D eigenvalue weighted by Gasteiger charge is -2.30. The number of likely N-dealkylation sites (tertiary alicyclic amines) is 1. The Hall–Kier alpha value is -2.93. The molecule has 1 fully saturated rings. The van der Waals surface area contributed by atoms with Gasteiger partial charge in [0.05, 0.1) is 6.61 Å². The minimum atomic E-state index is -0.126. The molecular formula is C20H22N4O3. The predicted octanol–water partition coefficient (Wildman–Crippen LogP) is 2.89. The molecule has 2 N–H and O–H groups in total. The van der Waals surface area contributed by atoms with Crippen LogP contribution in [0.25, 0.3) is 11.4 Å². The van der Waals surface area contributed by atoms with Gasteiger partial charge in [0, 0.05) is 30.1 Å². The standard InChI is InChI=1S/C20H22N4O3/c1-13-16(12-25)11-17(27-13)20(26)24-9-7-15(8-10-24)19-21-18(22-23-19)14-5-3-2-4-6-14/h2-6,11,15,25H,7-10,12H2,1H3,(H,21,22,23). The molecule has 27 heavy (non-hydrogen) atoms. The zero-order valence-electron chi connectivity index (χ0n) is 15.2. The maximum atomic E-state index is 12.6. The summed E-state index contributed by atoms with van der Waals surface area (Å²) in [5.41, 5.74) is 1.64. The zero-order valence-corrected chi connectivity index (χ0v) is 15.2. The Morgan fingerprint density at radius 1 is 1.30 bits per heavy atom. The highest BCUT2D eigenvalue weighted by Gasteiger charge is 2.28. The monoisotopic (exact) mass is 366 g/mol. The van der Waals surface area contributed by atoms with Gasteiger partial charge in [-0.3, -0.25) is 9.89 Å². The van der Waals surface area contributed by atoms with Crippen molar-refractivity contribution < 1.29 is 14.3 Å². The molecule has 7 heteroatoms. The molecule has 0 bridgehead atoms. The normalized spacial score (nSPS) is 15.3. The molecule has 4 rings (SSSR count). The number of nitrogens with zero attached hydrogens (tertiary/aromatic N) is 3. The summed E-state index contributed by atoms with van der Waals surface area (Å²) in [4.78, 5) is 19.1. The minimum Gasteiger partial charge on any atom is -0.456 e. The number of hydrogen-bond acceptors (Lipinski definition) is 5. The van der Waals surface area contributed by atoms with Crippen LogP contribution in [0.2, 0.25) is 0 Å². The molecule has 1 aliphatic heterocycles. The molecule has 2 aromatic heterocycles. The second kappa shape index (κ2) is 7.36. The summed E-state index contributed by atoms with van der Waals surface area (Å²) in [5.74, 6) is 2.58. The van der Waals surface area contributed by atoms with E-state index in [1.807, 2.05) is 30.3 Å². The summed E-state index contributed by atoms with van der Waals surface area (Å²) in [6, 6.07) is 11.5. The number of aliphatic hydroxyl groups is 1. The number of aromatic amines is 1. The Morgan fingerprint density at radius 3 is 2.70 bits per heavy atom. The topological polar surface area (TPSA) is 95.3 Å². The first-order valence-corrected chi connectivity index (χ1v) is 9.13. The first-order chi connectivity index (χ1) is 13.2. The number of aryl methyl sites for hydroxylation is 1. The van der Waals surface area contributed by atoms with E-state index < -0.39 is 0 Å². The molecule has 0 radical (unpaired) electrons. The summed E-state index contributed by atoms with van der Waals surface area (Å²) in [6.07, 6.45) is 1.64. The number of aliphatic hydroxyl groups excluding tert-OH is 1. The van der Waals surface area contributed by atoms with Crippen molar-refractivity contribution in [3.63, 3.8) is 0 Å². The van der Waals surface area contributed by atoms with Crippen molar-refractivity contribution in [1.82, 2.24) is 20.1 Å². The number of hydrogen-bond donors (Lipinski definition) is 2. The number of furan rings is 1. The molecule has 0 unspecified atom stereocenters. The average Bonchev–Trinajstić information content (AvgIpc) is 3.35. The number of benzene rings is 1. The third kappa shape index (κ3) is 3.50. The molecule has 0 atom stereocenters. The van der Waals surface area contributed by atoms with Gasteiger partial charge in [-0.1, -0.05) is 30.3 Å². The summed E-state index contributed by atoms with van der Waals surface area (Å²) in [7, 11) is 0. The predicted molar refractivity (Wildman–Crippen MR) is 99.1 cm³/mol. The molecule has 7 nitrogen and oxygen atoms in total. The number of aromatic nitrogens is 3. The number of carbonyl (C=O) groups is 1. The average molecular weight is 366 g/mol. The zero-order chi connectivity index (χ0) is 18.8. The van der Waals surface area contributed by atoms with Crippen molar-refractivity contribution in [2.75, 3.05) is 13.1 Å². The number of amides is 1. The molecule has 140 valence electrons. The number of H-pyrrole nitrogens is 1. The van der Waals surface area contributed by atoms with Gasteiger partial charge in [0.2, 0.25) is 0 Å². The molecule has 1 aliphatic rings. The summed E-state index contributed by atoms with van der Waals surface area (Å²) in [6.45, 7) is 2.90. The van der Waals surface area contributed by atoms with Crippen LogP contribution >= 0.6 is 0 Å². The molecule has 1 saturated heterocycles. The molecule has 0 spiro atoms. The van der Waals surface area contributed by atoms with Crippen molar-refractivity contribution in [3.05, 3.63) is 59.3 Å². The fourth-order valence-electron chi connectivity index (χ4n) is 3.47. The summed E-state index contributed by atoms with van der Waals surface area (Å²) in [5, 5.41) is 16.7. The van der Waals surface area contributed by atoms with Crippen LogP contribution in [-0.2, 0) is 6.61 Å². The van der Waals surface area contributed by atoms with Gasteiger partial charge in [0.15, 0.2) is 11.6 Å². The first-order valence-electron chi connectivity index (χ1n) is 9.13. The van der Waals surface area contributed by atoms with Crippen LogP contribution in [0, 0.1) is 6.92 Å². The van der Waals surface area contributed by atoms with Gasteiger partial charge in [-0.2, -0.15) is 5.10 Å². The number of piperidine rings is 1. The van der Waals surface area contributed by atoms with Crippen molar-refractivity contribution in [2.45, 2.75) is 32.3 Å². The van der Waals surface area contributed by atoms with Gasteiger partial charge in [-0.15, -0.1) is 0 Å². The first kappa shape index (κ1) is 17.5. The summed E-state index contributed by atoms with van der Waals surface area (Å²) < 4.78 is 5.50. The third-order valence-electron chi connectivity index (χ3n) is 5.11. The van der Waals surface area contributed by atoms with Gasteiger partial charge >= 0.3 is 0 Å². The van der Waals surface area contributed by atoms with Crippen LogP contribution in [-0.4, -0.2) is 44.2 Å². The number of carbonyl (C=O) groups excluding carboxylic acids is 1. The highest BCUT2D eigenvalue weighted by atomic mass is 16.4. The van der Waals surface area contributed by atoms with Crippen LogP contribution in [0.15, 0.2) is 40.8 Å². The molecule has 1 aromatic carbocycles. The largest absolute Gasteiger partial charge is 0.456 e. The smallest absolute Gasteiger partial charge is 0.289 e. The van der Waals surface area contributed by atoms with Gasteiger partial charge in [0.25, 0.3) is 5.91 Å². The van der Waals surface area contributed by atoms with E-state index in [4.69, 9.17) is 4.42 Å². The second-order valence-corrected chi connectivity index (χ2v) is 6.83. The van der Waals surface area contributed by atoms with Gasteiger partial charge < -0.3 is 14.4 Å². The van der Waals surface area contributed by atoms with E-state index in [0.29, 0.717) is 36.0 Å². The number of nitrogens with one attached hydrogen (secondary N) is 1. The molecule has 0 saturated carbocycles. The lowest BCUT2D eigenvalue weighted by atomic mass is 9.96. The van der Waals surface area contributed by atoms with E-state index in [1.165, 1.54) is 0 Å². The van der Waals surface area contributed by atoms with Crippen molar-refractivity contribution >= 4 is 5.91 Å². The molecule has 0 aliphatic carbocycles. The van der Waals surface area contributed by atoms with E-state index in [1.54, 1.807) is 17.9 Å². The lowest BCUT2D eigenvalue weighted by Crippen LogP contribution is -2.38. The van der Waals surface area contributed by atoms with Crippen LogP contribution in [0.4, 0.5) is 0 Å². The van der Waals surface area contributed by atoms with E-state index in [2.05, 4.69) is 15.2 Å². The lowest BCUT2D eigenvalue weighted by molar-refractivity contribution is 0.0677. The maximum Gasteiger partial charge on any atom is 0.289 e. The minimum absolute atomic E-state index is 0.125. The Bertz CT molecular complexity index is 924. The van der Waals surface area contributed by atoms with E-state index in [-0.39, 0.29) is 18.4 Å². The SMILES string of the molecule is Cc1oc(C(=O)N2CCC(c3nc(-c4ccccc4)n[nH]3)CC2)cc1CO. The van der Waals surface area contributed by atoms with Crippen LogP contribution in [0.5, 0.6) is 0 Å². The van der Waals surface area contributed by atoms with Crippen LogP contribution < -0.4 is 0 Å². The van der Waals surface area contributed by atoms with Gasteiger partial charge in [-0.25, -0.2) is 4.98 Å². The van der Waals surface area contributed by atoms with Crippen molar-refractivity contribution in [3.8, 4) is 11.4 Å². The Labute approximate surface area is 157 Å². The van der Waals surface area contributed by atoms with Crippen molar-refractivity contribution in [1.29, 1.82) is 0 Å². The Morgan fingerprint density at radius 2 is 2.04 bits per heavy atom. The molecule has 3 heterocycles. The van der Waals surface area contributed by atoms with E-state index in [0.717, 1.165) is 24.2 Å². The number of rotatable bonds is 4. The van der Waals surface area contributed by atoms with Crippen LogP contribution in [0.1, 0.15) is 46.5 Å². The molecule has 1 amide bonds. The highest BCUT2D eigenvalue weighted by molar-refractivity contribution is 5.91. The molecule has 3 aromatic rings. The van der Waals surface area contributed by atoms with E-state index >= 15 is 0 Å².